The Hall–Kier alpha value is -1.40. The molecule has 0 aliphatic heterocycles. The van der Waals surface area contributed by atoms with Crippen molar-refractivity contribution in [2.45, 2.75) is 19.9 Å². The van der Waals surface area contributed by atoms with E-state index in [9.17, 15) is 9.18 Å². The molecule has 0 saturated heterocycles. The monoisotopic (exact) mass is 359 g/mol. The molecular formula is C13H12BrClFN3O. The summed E-state index contributed by atoms with van der Waals surface area (Å²) in [6, 6.07) is 4.23. The fourth-order valence-electron chi connectivity index (χ4n) is 1.65. The van der Waals surface area contributed by atoms with Crippen molar-refractivity contribution in [2.75, 3.05) is 5.32 Å². The lowest BCUT2D eigenvalue weighted by Crippen LogP contribution is -2.24. The molecule has 20 heavy (non-hydrogen) atoms. The number of anilines is 2. The van der Waals surface area contributed by atoms with Crippen molar-refractivity contribution in [2.24, 2.45) is 0 Å². The third-order valence-corrected chi connectivity index (χ3v) is 3.67. The average molecular weight is 361 g/mol. The molecule has 1 heterocycles. The summed E-state index contributed by atoms with van der Waals surface area (Å²) in [5.74, 6) is -0.493. The topological polar surface area (TPSA) is 46.9 Å². The summed E-state index contributed by atoms with van der Waals surface area (Å²) in [6.07, 6.45) is 2.36. The predicted octanol–water partition coefficient (Wildman–Crippen LogP) is 3.95. The SMILES string of the molecule is CCCn1ncc(Nc2ccc(F)c(Cl)c2)c(Br)c1=O. The molecule has 1 N–H and O–H groups in total. The maximum atomic E-state index is 13.1. The summed E-state index contributed by atoms with van der Waals surface area (Å²) in [4.78, 5) is 12.0. The minimum absolute atomic E-state index is 0.0124. The smallest absolute Gasteiger partial charge is 0.283 e. The first kappa shape index (κ1) is 15.0. The van der Waals surface area contributed by atoms with Gasteiger partial charge in [0.25, 0.3) is 5.56 Å². The van der Waals surface area contributed by atoms with Gasteiger partial charge in [0.05, 0.1) is 16.9 Å². The van der Waals surface area contributed by atoms with E-state index in [4.69, 9.17) is 11.6 Å². The molecule has 0 unspecified atom stereocenters. The van der Waals surface area contributed by atoms with Gasteiger partial charge in [-0.3, -0.25) is 4.79 Å². The lowest BCUT2D eigenvalue weighted by Gasteiger charge is -2.10. The maximum absolute atomic E-state index is 13.1. The van der Waals surface area contributed by atoms with Crippen LogP contribution in [0.3, 0.4) is 0 Å². The fraction of sp³-hybridized carbons (Fsp3) is 0.231. The van der Waals surface area contributed by atoms with Crippen LogP contribution in [0, 0.1) is 5.82 Å². The summed E-state index contributed by atoms with van der Waals surface area (Å²) < 4.78 is 14.8. The Morgan fingerprint density at radius 3 is 2.90 bits per heavy atom. The second-order valence-corrected chi connectivity index (χ2v) is 5.35. The van der Waals surface area contributed by atoms with E-state index in [1.165, 1.54) is 22.9 Å². The van der Waals surface area contributed by atoms with Crippen LogP contribution in [0.1, 0.15) is 13.3 Å². The molecular weight excluding hydrogens is 349 g/mol. The minimum atomic E-state index is -0.493. The molecule has 0 atom stereocenters. The van der Waals surface area contributed by atoms with E-state index in [-0.39, 0.29) is 10.6 Å². The van der Waals surface area contributed by atoms with Gasteiger partial charge in [0.2, 0.25) is 0 Å². The highest BCUT2D eigenvalue weighted by Gasteiger charge is 2.09. The highest BCUT2D eigenvalue weighted by Crippen LogP contribution is 2.25. The zero-order chi connectivity index (χ0) is 14.7. The van der Waals surface area contributed by atoms with Gasteiger partial charge in [-0.05, 0) is 40.5 Å². The summed E-state index contributed by atoms with van der Waals surface area (Å²) in [5.41, 5.74) is 0.863. The van der Waals surface area contributed by atoms with Crippen LogP contribution < -0.4 is 10.9 Å². The van der Waals surface area contributed by atoms with Crippen molar-refractivity contribution in [3.05, 3.63) is 50.1 Å². The van der Waals surface area contributed by atoms with Gasteiger partial charge in [0.15, 0.2) is 0 Å². The van der Waals surface area contributed by atoms with Crippen molar-refractivity contribution in [1.82, 2.24) is 9.78 Å². The average Bonchev–Trinajstić information content (AvgIpc) is 2.42. The Morgan fingerprint density at radius 1 is 1.50 bits per heavy atom. The molecule has 2 aromatic rings. The number of aromatic nitrogens is 2. The van der Waals surface area contributed by atoms with Crippen molar-refractivity contribution >= 4 is 38.9 Å². The third kappa shape index (κ3) is 3.19. The molecule has 0 amide bonds. The summed E-state index contributed by atoms with van der Waals surface area (Å²) in [7, 11) is 0. The van der Waals surface area contributed by atoms with Gasteiger partial charge in [-0.2, -0.15) is 5.10 Å². The number of rotatable bonds is 4. The molecule has 0 aliphatic rings. The Morgan fingerprint density at radius 2 is 2.25 bits per heavy atom. The van der Waals surface area contributed by atoms with Crippen molar-refractivity contribution in [1.29, 1.82) is 0 Å². The van der Waals surface area contributed by atoms with Crippen LogP contribution in [0.4, 0.5) is 15.8 Å². The van der Waals surface area contributed by atoms with E-state index in [0.29, 0.717) is 22.4 Å². The number of hydrogen-bond donors (Lipinski definition) is 1. The molecule has 0 bridgehead atoms. The van der Waals surface area contributed by atoms with Crippen molar-refractivity contribution in [3.8, 4) is 0 Å². The normalized spacial score (nSPS) is 10.6. The molecule has 0 fully saturated rings. The zero-order valence-electron chi connectivity index (χ0n) is 10.7. The van der Waals surface area contributed by atoms with Crippen LogP contribution in [0.25, 0.3) is 0 Å². The third-order valence-electron chi connectivity index (χ3n) is 2.62. The highest BCUT2D eigenvalue weighted by atomic mass is 79.9. The largest absolute Gasteiger partial charge is 0.353 e. The van der Waals surface area contributed by atoms with E-state index < -0.39 is 5.82 Å². The molecule has 0 radical (unpaired) electrons. The van der Waals surface area contributed by atoms with Gasteiger partial charge < -0.3 is 5.32 Å². The number of nitrogens with zero attached hydrogens (tertiary/aromatic N) is 2. The number of benzene rings is 1. The molecule has 0 saturated carbocycles. The van der Waals surface area contributed by atoms with Crippen LogP contribution in [-0.4, -0.2) is 9.78 Å². The Balaban J connectivity index is 2.32. The second kappa shape index (κ2) is 6.37. The minimum Gasteiger partial charge on any atom is -0.353 e. The first-order valence-corrected chi connectivity index (χ1v) is 7.17. The molecule has 106 valence electrons. The van der Waals surface area contributed by atoms with E-state index in [1.807, 2.05) is 6.92 Å². The van der Waals surface area contributed by atoms with E-state index in [2.05, 4.69) is 26.3 Å². The van der Waals surface area contributed by atoms with Gasteiger partial charge in [-0.1, -0.05) is 18.5 Å². The standard InChI is InChI=1S/C13H12BrClFN3O/c1-2-5-19-13(20)12(14)11(7-17-19)18-8-3-4-10(16)9(15)6-8/h3-4,6-7,18H,2,5H2,1H3. The fourth-order valence-corrected chi connectivity index (χ4v) is 2.24. The second-order valence-electron chi connectivity index (χ2n) is 4.15. The molecule has 1 aromatic heterocycles. The van der Waals surface area contributed by atoms with Crippen LogP contribution in [0.2, 0.25) is 5.02 Å². The van der Waals surface area contributed by atoms with Crippen molar-refractivity contribution in [3.63, 3.8) is 0 Å². The van der Waals surface area contributed by atoms with Gasteiger partial charge in [-0.15, -0.1) is 0 Å². The molecule has 2 rings (SSSR count). The lowest BCUT2D eigenvalue weighted by molar-refractivity contribution is 0.566. The maximum Gasteiger partial charge on any atom is 0.283 e. The van der Waals surface area contributed by atoms with Gasteiger partial charge >= 0.3 is 0 Å². The Labute approximate surface area is 128 Å². The van der Waals surface area contributed by atoms with E-state index in [1.54, 1.807) is 6.20 Å². The van der Waals surface area contributed by atoms with E-state index in [0.717, 1.165) is 6.42 Å². The molecule has 4 nitrogen and oxygen atoms in total. The summed E-state index contributed by atoms with van der Waals surface area (Å²) >= 11 is 8.96. The van der Waals surface area contributed by atoms with Crippen LogP contribution >= 0.6 is 27.5 Å². The lowest BCUT2D eigenvalue weighted by atomic mass is 10.3. The number of nitrogens with one attached hydrogen (secondary N) is 1. The molecule has 7 heteroatoms. The number of hydrogen-bond acceptors (Lipinski definition) is 3. The summed E-state index contributed by atoms with van der Waals surface area (Å²) in [5, 5.41) is 7.06. The molecule has 1 aromatic carbocycles. The number of halogens is 3. The van der Waals surface area contributed by atoms with Crippen LogP contribution in [0.15, 0.2) is 33.7 Å². The van der Waals surface area contributed by atoms with Gasteiger partial charge in [-0.25, -0.2) is 9.07 Å². The van der Waals surface area contributed by atoms with Crippen LogP contribution in [0.5, 0.6) is 0 Å². The summed E-state index contributed by atoms with van der Waals surface area (Å²) in [6.45, 7) is 2.52. The van der Waals surface area contributed by atoms with Crippen molar-refractivity contribution < 1.29 is 4.39 Å². The zero-order valence-corrected chi connectivity index (χ0v) is 13.0. The first-order valence-electron chi connectivity index (χ1n) is 6.00. The molecule has 0 spiro atoms. The van der Waals surface area contributed by atoms with E-state index >= 15 is 0 Å². The molecule has 0 aliphatic carbocycles. The first-order chi connectivity index (χ1) is 9.52. The highest BCUT2D eigenvalue weighted by molar-refractivity contribution is 9.10. The number of aryl methyl sites for hydroxylation is 1. The van der Waals surface area contributed by atoms with Gasteiger partial charge in [0.1, 0.15) is 10.3 Å². The van der Waals surface area contributed by atoms with Crippen LogP contribution in [-0.2, 0) is 6.54 Å². The van der Waals surface area contributed by atoms with Gasteiger partial charge in [0, 0.05) is 12.2 Å². The Kier molecular flexibility index (Phi) is 4.77. The quantitative estimate of drug-likeness (QED) is 0.898. The Bertz CT molecular complexity index is 690. The predicted molar refractivity (Wildman–Crippen MR) is 81.2 cm³/mol.